The van der Waals surface area contributed by atoms with E-state index in [1.165, 1.54) is 0 Å². The molecule has 0 aliphatic carbocycles. The molecule has 0 aliphatic rings. The Morgan fingerprint density at radius 3 is 1.86 bits per heavy atom. The van der Waals surface area contributed by atoms with Gasteiger partial charge in [0.15, 0.2) is 0 Å². The van der Waals surface area contributed by atoms with Crippen LogP contribution in [-0.4, -0.2) is 11.9 Å². The third kappa shape index (κ3) is 6.56. The maximum absolute atomic E-state index is 11.7. The Bertz CT molecular complexity index is 453. The minimum Gasteiger partial charge on any atom is -0.421 e. The molecule has 112 valence electrons. The molecular formula is C17H20O4. The van der Waals surface area contributed by atoms with Crippen molar-refractivity contribution < 1.29 is 19.1 Å². The smallest absolute Gasteiger partial charge is 0.309 e. The Kier molecular flexibility index (Phi) is 7.58. The second-order valence-corrected chi connectivity index (χ2v) is 4.38. The Balaban J connectivity index is 2.70. The van der Waals surface area contributed by atoms with Crippen molar-refractivity contribution >= 4 is 11.9 Å². The molecule has 0 unspecified atom stereocenters. The van der Waals surface area contributed by atoms with Crippen LogP contribution in [0.1, 0.15) is 37.5 Å². The van der Waals surface area contributed by atoms with Gasteiger partial charge in [0.05, 0.1) is 0 Å². The van der Waals surface area contributed by atoms with Crippen molar-refractivity contribution in [2.45, 2.75) is 32.0 Å². The summed E-state index contributed by atoms with van der Waals surface area (Å²) in [4.78, 5) is 23.4. The molecule has 0 aromatic heterocycles. The largest absolute Gasteiger partial charge is 0.421 e. The Hall–Kier alpha value is -2.36. The van der Waals surface area contributed by atoms with Crippen molar-refractivity contribution in [2.75, 3.05) is 0 Å². The minimum atomic E-state index is -1.01. The maximum atomic E-state index is 11.7. The molecule has 4 nitrogen and oxygen atoms in total. The van der Waals surface area contributed by atoms with E-state index in [9.17, 15) is 9.59 Å². The maximum Gasteiger partial charge on any atom is 0.309 e. The van der Waals surface area contributed by atoms with Crippen LogP contribution in [0, 0.1) is 0 Å². The molecule has 1 aromatic rings. The minimum absolute atomic E-state index is 0.205. The topological polar surface area (TPSA) is 52.6 Å². The van der Waals surface area contributed by atoms with Crippen molar-refractivity contribution in [3.63, 3.8) is 0 Å². The summed E-state index contributed by atoms with van der Waals surface area (Å²) in [5, 5.41) is 0. The SMILES string of the molecule is C=CCCC(=O)OC(OC(=O)CCC=C)c1ccccc1. The second kappa shape index (κ2) is 9.53. The van der Waals surface area contributed by atoms with Crippen LogP contribution in [0.15, 0.2) is 55.6 Å². The normalized spacial score (nSPS) is 9.95. The number of hydrogen-bond donors (Lipinski definition) is 0. The highest BCUT2D eigenvalue weighted by Gasteiger charge is 2.20. The average Bonchev–Trinajstić information content (AvgIpc) is 2.51. The summed E-state index contributed by atoms with van der Waals surface area (Å²) in [5.41, 5.74) is 0.622. The molecule has 0 fully saturated rings. The van der Waals surface area contributed by atoms with Crippen molar-refractivity contribution in [1.82, 2.24) is 0 Å². The summed E-state index contributed by atoms with van der Waals surface area (Å²) < 4.78 is 10.5. The fourth-order valence-electron chi connectivity index (χ4n) is 1.57. The van der Waals surface area contributed by atoms with Gasteiger partial charge in [-0.3, -0.25) is 9.59 Å². The van der Waals surface area contributed by atoms with E-state index in [0.717, 1.165) is 0 Å². The summed E-state index contributed by atoms with van der Waals surface area (Å²) in [6.07, 6.45) is 3.70. The predicted octanol–water partition coefficient (Wildman–Crippen LogP) is 3.70. The highest BCUT2D eigenvalue weighted by atomic mass is 16.7. The average molecular weight is 288 g/mol. The number of carbonyl (C=O) groups is 2. The summed E-state index contributed by atoms with van der Waals surface area (Å²) in [6.45, 7) is 7.10. The quantitative estimate of drug-likeness (QED) is 0.395. The van der Waals surface area contributed by atoms with Crippen LogP contribution in [0.2, 0.25) is 0 Å². The molecule has 0 bridgehead atoms. The van der Waals surface area contributed by atoms with Crippen LogP contribution in [0.3, 0.4) is 0 Å². The van der Waals surface area contributed by atoms with Crippen LogP contribution in [0.5, 0.6) is 0 Å². The first-order valence-corrected chi connectivity index (χ1v) is 6.83. The lowest BCUT2D eigenvalue weighted by molar-refractivity contribution is -0.189. The zero-order chi connectivity index (χ0) is 15.5. The molecule has 0 atom stereocenters. The van der Waals surface area contributed by atoms with Crippen molar-refractivity contribution in [3.8, 4) is 0 Å². The lowest BCUT2D eigenvalue weighted by Gasteiger charge is -2.18. The zero-order valence-electron chi connectivity index (χ0n) is 12.0. The molecule has 1 rings (SSSR count). The molecule has 0 N–H and O–H groups in total. The molecule has 0 spiro atoms. The zero-order valence-corrected chi connectivity index (χ0v) is 12.0. The van der Waals surface area contributed by atoms with E-state index >= 15 is 0 Å². The van der Waals surface area contributed by atoms with Gasteiger partial charge in [0.1, 0.15) is 0 Å². The number of allylic oxidation sites excluding steroid dienone is 2. The van der Waals surface area contributed by atoms with Gasteiger partial charge in [-0.05, 0) is 12.8 Å². The first-order valence-electron chi connectivity index (χ1n) is 6.83. The first kappa shape index (κ1) is 16.7. The first-order chi connectivity index (χ1) is 10.2. The summed E-state index contributed by atoms with van der Waals surface area (Å²) in [7, 11) is 0. The van der Waals surface area contributed by atoms with Gasteiger partial charge in [-0.15, -0.1) is 13.2 Å². The van der Waals surface area contributed by atoms with Gasteiger partial charge in [0.2, 0.25) is 0 Å². The summed E-state index contributed by atoms with van der Waals surface area (Å²) in [5.74, 6) is -0.861. The van der Waals surface area contributed by atoms with Crippen LogP contribution in [0.25, 0.3) is 0 Å². The van der Waals surface area contributed by atoms with Gasteiger partial charge in [-0.2, -0.15) is 0 Å². The van der Waals surface area contributed by atoms with Crippen LogP contribution >= 0.6 is 0 Å². The molecule has 0 aliphatic heterocycles. The monoisotopic (exact) mass is 288 g/mol. The number of esters is 2. The third-order valence-corrected chi connectivity index (χ3v) is 2.65. The predicted molar refractivity (Wildman–Crippen MR) is 80.2 cm³/mol. The van der Waals surface area contributed by atoms with Crippen molar-refractivity contribution in [3.05, 3.63) is 61.2 Å². The molecule has 0 saturated carbocycles. The third-order valence-electron chi connectivity index (χ3n) is 2.65. The number of carbonyl (C=O) groups excluding carboxylic acids is 2. The Morgan fingerprint density at radius 2 is 1.43 bits per heavy atom. The van der Waals surface area contributed by atoms with E-state index in [1.54, 1.807) is 36.4 Å². The molecule has 1 aromatic carbocycles. The highest BCUT2D eigenvalue weighted by molar-refractivity contribution is 5.71. The molecule has 0 heterocycles. The molecule has 0 radical (unpaired) electrons. The van der Waals surface area contributed by atoms with E-state index in [-0.39, 0.29) is 12.8 Å². The highest BCUT2D eigenvalue weighted by Crippen LogP contribution is 2.20. The molecule has 4 heteroatoms. The lowest BCUT2D eigenvalue weighted by Crippen LogP contribution is -2.17. The number of hydrogen-bond acceptors (Lipinski definition) is 4. The van der Waals surface area contributed by atoms with Crippen LogP contribution in [0.4, 0.5) is 0 Å². The Morgan fingerprint density at radius 1 is 0.952 bits per heavy atom. The molecule has 21 heavy (non-hydrogen) atoms. The Labute approximate surface area is 125 Å². The number of ether oxygens (including phenoxy) is 2. The summed E-state index contributed by atoms with van der Waals surface area (Å²) >= 11 is 0. The van der Waals surface area contributed by atoms with Gasteiger partial charge in [-0.25, -0.2) is 0 Å². The fraction of sp³-hybridized carbons (Fsp3) is 0.294. The standard InChI is InChI=1S/C17H20O4/c1-3-5-12-15(18)20-17(14-10-8-7-9-11-14)21-16(19)13-6-4-2/h3-4,7-11,17H,1-2,5-6,12-13H2. The van der Waals surface area contributed by atoms with Crippen LogP contribution in [-0.2, 0) is 19.1 Å². The molecule has 0 saturated heterocycles. The fourth-order valence-corrected chi connectivity index (χ4v) is 1.57. The van der Waals surface area contributed by atoms with Gasteiger partial charge >= 0.3 is 11.9 Å². The van der Waals surface area contributed by atoms with E-state index < -0.39 is 18.2 Å². The van der Waals surface area contributed by atoms with E-state index in [1.807, 2.05) is 6.07 Å². The molecule has 0 amide bonds. The summed E-state index contributed by atoms with van der Waals surface area (Å²) in [6, 6.07) is 8.90. The molecular weight excluding hydrogens is 268 g/mol. The van der Waals surface area contributed by atoms with E-state index in [0.29, 0.717) is 18.4 Å². The number of benzene rings is 1. The van der Waals surface area contributed by atoms with Gasteiger partial charge < -0.3 is 9.47 Å². The number of rotatable bonds is 9. The van der Waals surface area contributed by atoms with Crippen molar-refractivity contribution in [1.29, 1.82) is 0 Å². The second-order valence-electron chi connectivity index (χ2n) is 4.38. The van der Waals surface area contributed by atoms with Crippen LogP contribution < -0.4 is 0 Å². The lowest BCUT2D eigenvalue weighted by atomic mass is 10.2. The van der Waals surface area contributed by atoms with Gasteiger partial charge in [0.25, 0.3) is 6.29 Å². The van der Waals surface area contributed by atoms with E-state index in [2.05, 4.69) is 13.2 Å². The van der Waals surface area contributed by atoms with E-state index in [4.69, 9.17) is 9.47 Å². The van der Waals surface area contributed by atoms with Crippen molar-refractivity contribution in [2.24, 2.45) is 0 Å². The van der Waals surface area contributed by atoms with Gasteiger partial charge in [0, 0.05) is 18.4 Å². The van der Waals surface area contributed by atoms with Gasteiger partial charge in [-0.1, -0.05) is 42.5 Å².